The van der Waals surface area contributed by atoms with E-state index in [9.17, 15) is 18.0 Å². The number of halogens is 3. The highest BCUT2D eigenvalue weighted by Crippen LogP contribution is 2.38. The third-order valence-corrected chi connectivity index (χ3v) is 6.27. The Morgan fingerprint density at radius 1 is 1.09 bits per heavy atom. The zero-order chi connectivity index (χ0) is 24.1. The number of pyridine rings is 1. The number of carbonyl (C=O) groups excluding carboxylic acids is 1. The number of aromatic nitrogens is 1. The first-order valence-electron chi connectivity index (χ1n) is 10.9. The summed E-state index contributed by atoms with van der Waals surface area (Å²) < 4.78 is 58.1. The van der Waals surface area contributed by atoms with Crippen molar-refractivity contribution < 1.29 is 32.0 Å². The van der Waals surface area contributed by atoms with Crippen LogP contribution in [0.1, 0.15) is 78.5 Å². The van der Waals surface area contributed by atoms with Crippen molar-refractivity contribution in [2.24, 2.45) is 0 Å². The summed E-state index contributed by atoms with van der Waals surface area (Å²) >= 11 is 0. The van der Waals surface area contributed by atoms with Gasteiger partial charge in [0.2, 0.25) is 0 Å². The minimum atomic E-state index is -4.59. The van der Waals surface area contributed by atoms with Gasteiger partial charge in [0, 0.05) is 13.1 Å². The SMILES string of the molecule is CC(C)(C)OC(=O)N1CCC(c2cc(B3OC(C)(C)C(C)(C)O3)nc(C(F)(F)F)c2)CC1. The first kappa shape index (κ1) is 24.8. The number of ether oxygens (including phenoxy) is 1. The Morgan fingerprint density at radius 3 is 2.09 bits per heavy atom. The smallest absolute Gasteiger partial charge is 0.444 e. The molecule has 0 bridgehead atoms. The summed E-state index contributed by atoms with van der Waals surface area (Å²) in [4.78, 5) is 17.7. The molecule has 0 saturated carbocycles. The van der Waals surface area contributed by atoms with Crippen molar-refractivity contribution in [3.8, 4) is 0 Å². The monoisotopic (exact) mass is 456 g/mol. The minimum Gasteiger partial charge on any atom is -0.444 e. The molecule has 1 aromatic heterocycles. The summed E-state index contributed by atoms with van der Waals surface area (Å²) in [5, 5.41) is 0. The van der Waals surface area contributed by atoms with Crippen molar-refractivity contribution in [2.45, 2.75) is 90.2 Å². The molecular formula is C22H32BF3N2O4. The summed E-state index contributed by atoms with van der Waals surface area (Å²) in [6.45, 7) is 13.6. The Balaban J connectivity index is 1.82. The maximum Gasteiger partial charge on any atom is 0.514 e. The highest BCUT2D eigenvalue weighted by atomic mass is 19.4. The number of carbonyl (C=O) groups is 1. The fraction of sp³-hybridized carbons (Fsp3) is 0.727. The van der Waals surface area contributed by atoms with Crippen molar-refractivity contribution in [3.63, 3.8) is 0 Å². The molecule has 0 aromatic carbocycles. The van der Waals surface area contributed by atoms with Crippen LogP contribution in [0.25, 0.3) is 0 Å². The first-order valence-corrected chi connectivity index (χ1v) is 10.9. The van der Waals surface area contributed by atoms with E-state index >= 15 is 0 Å². The number of piperidine rings is 1. The van der Waals surface area contributed by atoms with Crippen LogP contribution in [0.3, 0.4) is 0 Å². The molecule has 2 saturated heterocycles. The molecule has 10 heteroatoms. The average molecular weight is 456 g/mol. The van der Waals surface area contributed by atoms with Crippen LogP contribution in [0.5, 0.6) is 0 Å². The number of hydrogen-bond donors (Lipinski definition) is 0. The number of nitrogens with zero attached hydrogens (tertiary/aromatic N) is 2. The average Bonchev–Trinajstić information content (AvgIpc) is 2.87. The highest BCUT2D eigenvalue weighted by molar-refractivity contribution is 6.61. The molecule has 2 fully saturated rings. The zero-order valence-electron chi connectivity index (χ0n) is 19.8. The molecular weight excluding hydrogens is 424 g/mol. The Labute approximate surface area is 187 Å². The predicted molar refractivity (Wildman–Crippen MR) is 115 cm³/mol. The summed E-state index contributed by atoms with van der Waals surface area (Å²) in [7, 11) is -0.983. The van der Waals surface area contributed by atoms with Crippen molar-refractivity contribution >= 4 is 18.8 Å². The van der Waals surface area contributed by atoms with Crippen molar-refractivity contribution in [2.75, 3.05) is 13.1 Å². The molecule has 32 heavy (non-hydrogen) atoms. The Kier molecular flexibility index (Phi) is 6.36. The lowest BCUT2D eigenvalue weighted by Crippen LogP contribution is -2.42. The molecule has 0 atom stereocenters. The molecule has 178 valence electrons. The maximum absolute atomic E-state index is 13.6. The molecule has 1 aromatic rings. The second-order valence-electron chi connectivity index (χ2n) is 10.5. The van der Waals surface area contributed by atoms with Gasteiger partial charge in [0.15, 0.2) is 0 Å². The number of rotatable bonds is 2. The minimum absolute atomic E-state index is 0.114. The molecule has 3 heterocycles. The van der Waals surface area contributed by atoms with Crippen molar-refractivity contribution in [1.29, 1.82) is 0 Å². The van der Waals surface area contributed by atoms with E-state index in [1.54, 1.807) is 31.7 Å². The van der Waals surface area contributed by atoms with Crippen LogP contribution in [0.2, 0.25) is 0 Å². The second-order valence-corrected chi connectivity index (χ2v) is 10.5. The molecule has 0 aliphatic carbocycles. The lowest BCUT2D eigenvalue weighted by Gasteiger charge is -2.33. The van der Waals surface area contributed by atoms with Gasteiger partial charge in [-0.2, -0.15) is 13.2 Å². The van der Waals surface area contributed by atoms with E-state index < -0.39 is 41.9 Å². The predicted octanol–water partition coefficient (Wildman–Crippen LogP) is 4.51. The molecule has 0 spiro atoms. The fourth-order valence-corrected chi connectivity index (χ4v) is 3.76. The Morgan fingerprint density at radius 2 is 1.62 bits per heavy atom. The molecule has 1 amide bonds. The summed E-state index contributed by atoms with van der Waals surface area (Å²) in [6.07, 6.45) is -3.93. The van der Waals surface area contributed by atoms with Gasteiger partial charge in [0.1, 0.15) is 11.3 Å². The summed E-state index contributed by atoms with van der Waals surface area (Å²) in [5.41, 5.74) is -2.30. The van der Waals surface area contributed by atoms with Gasteiger partial charge in [-0.25, -0.2) is 4.79 Å². The van der Waals surface area contributed by atoms with Crippen molar-refractivity contribution in [3.05, 3.63) is 23.4 Å². The molecule has 6 nitrogen and oxygen atoms in total. The van der Waals surface area contributed by atoms with Crippen LogP contribution in [0, 0.1) is 0 Å². The van der Waals surface area contributed by atoms with Gasteiger partial charge in [0.05, 0.1) is 16.8 Å². The van der Waals surface area contributed by atoms with E-state index in [4.69, 9.17) is 14.0 Å². The number of hydrogen-bond acceptors (Lipinski definition) is 5. The van der Waals surface area contributed by atoms with E-state index in [1.807, 2.05) is 27.7 Å². The van der Waals surface area contributed by atoms with Crippen LogP contribution in [0.4, 0.5) is 18.0 Å². The van der Waals surface area contributed by atoms with Crippen LogP contribution >= 0.6 is 0 Å². The van der Waals surface area contributed by atoms with E-state index in [0.29, 0.717) is 31.5 Å². The molecule has 3 rings (SSSR count). The number of alkyl halides is 3. The van der Waals surface area contributed by atoms with Crippen LogP contribution in [-0.4, -0.2) is 53.0 Å². The number of likely N-dealkylation sites (tertiary alicyclic amines) is 1. The van der Waals surface area contributed by atoms with Gasteiger partial charge in [-0.05, 0) is 84.9 Å². The third-order valence-electron chi connectivity index (χ3n) is 6.27. The van der Waals surface area contributed by atoms with E-state index in [1.165, 1.54) is 0 Å². The normalized spacial score (nSPS) is 21.7. The molecule has 0 radical (unpaired) electrons. The quantitative estimate of drug-likeness (QED) is 0.613. The largest absolute Gasteiger partial charge is 0.514 e. The molecule has 0 unspecified atom stereocenters. The Hall–Kier alpha value is -1.81. The topological polar surface area (TPSA) is 60.9 Å². The fourth-order valence-electron chi connectivity index (χ4n) is 3.76. The molecule has 0 N–H and O–H groups in total. The zero-order valence-corrected chi connectivity index (χ0v) is 19.8. The van der Waals surface area contributed by atoms with Gasteiger partial charge in [-0.1, -0.05) is 0 Å². The van der Waals surface area contributed by atoms with Crippen LogP contribution < -0.4 is 5.59 Å². The second kappa shape index (κ2) is 8.20. The van der Waals surface area contributed by atoms with Crippen LogP contribution in [0.15, 0.2) is 12.1 Å². The van der Waals surface area contributed by atoms with Gasteiger partial charge in [-0.3, -0.25) is 4.98 Å². The van der Waals surface area contributed by atoms with Crippen molar-refractivity contribution in [1.82, 2.24) is 9.88 Å². The summed E-state index contributed by atoms with van der Waals surface area (Å²) in [6, 6.07) is 2.74. The summed E-state index contributed by atoms with van der Waals surface area (Å²) in [5.74, 6) is -0.140. The molecule has 2 aliphatic rings. The molecule has 2 aliphatic heterocycles. The standard InChI is InChI=1S/C22H32BF3N2O4/c1-19(2,3)30-18(29)28-10-8-14(9-11-28)15-12-16(22(24,25)26)27-17(13-15)23-31-20(4,5)21(6,7)32-23/h12-14H,8-11H2,1-7H3. The third kappa shape index (κ3) is 5.39. The first-order chi connectivity index (χ1) is 14.5. The Bertz CT molecular complexity index is 844. The lowest BCUT2D eigenvalue weighted by molar-refractivity contribution is -0.141. The van der Waals surface area contributed by atoms with E-state index in [-0.39, 0.29) is 11.5 Å². The lowest BCUT2D eigenvalue weighted by atomic mass is 9.80. The van der Waals surface area contributed by atoms with Gasteiger partial charge in [0.25, 0.3) is 0 Å². The van der Waals surface area contributed by atoms with Gasteiger partial charge in [-0.15, -0.1) is 0 Å². The van der Waals surface area contributed by atoms with Gasteiger partial charge < -0.3 is 18.9 Å². The highest BCUT2D eigenvalue weighted by Gasteiger charge is 2.53. The van der Waals surface area contributed by atoms with Crippen LogP contribution in [-0.2, 0) is 20.2 Å². The maximum atomic E-state index is 13.6. The van der Waals surface area contributed by atoms with E-state index in [2.05, 4.69) is 4.98 Å². The van der Waals surface area contributed by atoms with Gasteiger partial charge >= 0.3 is 19.4 Å². The number of amides is 1. The van der Waals surface area contributed by atoms with E-state index in [0.717, 1.165) is 6.07 Å².